The molecule has 1 aliphatic carbocycles. The first-order valence-electron chi connectivity index (χ1n) is 3.87. The number of carboxylic acid groups (broad SMARTS) is 2. The summed E-state index contributed by atoms with van der Waals surface area (Å²) >= 11 is 0. The van der Waals surface area contributed by atoms with Crippen LogP contribution in [0, 0.1) is 0 Å². The molecule has 2 atom stereocenters. The molecule has 0 radical (unpaired) electrons. The van der Waals surface area contributed by atoms with E-state index < -0.39 is 24.5 Å². The minimum Gasteiger partial charge on any atom is -0.450 e. The first-order chi connectivity index (χ1) is 6.08. The molecular weight excluding hydrogens is 180 g/mol. The van der Waals surface area contributed by atoms with E-state index in [0.717, 1.165) is 0 Å². The Labute approximate surface area is 74.1 Å². The van der Waals surface area contributed by atoms with Crippen molar-refractivity contribution >= 4 is 12.3 Å². The van der Waals surface area contributed by atoms with Gasteiger partial charge in [0.1, 0.15) is 12.2 Å². The Hall–Kier alpha value is -1.46. The van der Waals surface area contributed by atoms with Gasteiger partial charge >= 0.3 is 12.3 Å². The molecule has 1 rings (SSSR count). The summed E-state index contributed by atoms with van der Waals surface area (Å²) in [7, 11) is 0. The van der Waals surface area contributed by atoms with Gasteiger partial charge in [0.2, 0.25) is 0 Å². The second-order valence-corrected chi connectivity index (χ2v) is 2.82. The van der Waals surface area contributed by atoms with Crippen LogP contribution in [0.25, 0.3) is 0 Å². The van der Waals surface area contributed by atoms with Gasteiger partial charge < -0.3 is 19.7 Å². The molecule has 0 heterocycles. The number of rotatable bonds is 2. The van der Waals surface area contributed by atoms with Gasteiger partial charge in [0.05, 0.1) is 0 Å². The van der Waals surface area contributed by atoms with Gasteiger partial charge in [-0.05, 0) is 12.8 Å². The third kappa shape index (κ3) is 3.18. The van der Waals surface area contributed by atoms with Crippen LogP contribution in [0.3, 0.4) is 0 Å². The van der Waals surface area contributed by atoms with Crippen molar-refractivity contribution in [3.8, 4) is 0 Å². The van der Waals surface area contributed by atoms with Gasteiger partial charge in [0, 0.05) is 6.42 Å². The summed E-state index contributed by atoms with van der Waals surface area (Å²) < 4.78 is 8.93. The second kappa shape index (κ2) is 3.97. The smallest absolute Gasteiger partial charge is 0.450 e. The van der Waals surface area contributed by atoms with Crippen LogP contribution in [0.4, 0.5) is 9.59 Å². The van der Waals surface area contributed by atoms with E-state index in [2.05, 4.69) is 9.47 Å². The van der Waals surface area contributed by atoms with E-state index in [0.29, 0.717) is 19.3 Å². The summed E-state index contributed by atoms with van der Waals surface area (Å²) in [5.41, 5.74) is 0. The maximum atomic E-state index is 10.1. The van der Waals surface area contributed by atoms with Crippen LogP contribution >= 0.6 is 0 Å². The van der Waals surface area contributed by atoms with E-state index >= 15 is 0 Å². The summed E-state index contributed by atoms with van der Waals surface area (Å²) in [6.45, 7) is 0. The third-order valence-electron chi connectivity index (χ3n) is 1.87. The molecule has 0 spiro atoms. The van der Waals surface area contributed by atoms with E-state index in [1.807, 2.05) is 0 Å². The molecule has 74 valence electrons. The van der Waals surface area contributed by atoms with Gasteiger partial charge in [-0.1, -0.05) is 0 Å². The van der Waals surface area contributed by atoms with E-state index in [1.54, 1.807) is 0 Å². The van der Waals surface area contributed by atoms with Crippen molar-refractivity contribution in [1.29, 1.82) is 0 Å². The van der Waals surface area contributed by atoms with Crippen LogP contribution < -0.4 is 0 Å². The molecule has 1 aliphatic rings. The van der Waals surface area contributed by atoms with E-state index in [1.165, 1.54) is 0 Å². The third-order valence-corrected chi connectivity index (χ3v) is 1.87. The number of hydrogen-bond donors (Lipinski definition) is 2. The normalized spacial score (nSPS) is 26.8. The quantitative estimate of drug-likeness (QED) is 0.637. The van der Waals surface area contributed by atoms with Crippen LogP contribution in [-0.4, -0.2) is 34.7 Å². The van der Waals surface area contributed by atoms with Crippen molar-refractivity contribution in [2.24, 2.45) is 0 Å². The summed E-state index contributed by atoms with van der Waals surface area (Å²) in [5, 5.41) is 16.5. The fourth-order valence-corrected chi connectivity index (χ4v) is 1.40. The Morgan fingerprint density at radius 1 is 1.00 bits per heavy atom. The molecule has 6 nitrogen and oxygen atoms in total. The molecule has 1 fully saturated rings. The zero-order valence-electron chi connectivity index (χ0n) is 6.80. The molecule has 0 saturated heterocycles. The molecule has 2 unspecified atom stereocenters. The fourth-order valence-electron chi connectivity index (χ4n) is 1.40. The van der Waals surface area contributed by atoms with Crippen LogP contribution in [0.15, 0.2) is 0 Å². The predicted octanol–water partition coefficient (Wildman–Crippen LogP) is 1.30. The molecule has 0 aromatic carbocycles. The van der Waals surface area contributed by atoms with Crippen molar-refractivity contribution < 1.29 is 29.3 Å². The fraction of sp³-hybridized carbons (Fsp3) is 0.714. The van der Waals surface area contributed by atoms with Gasteiger partial charge in [-0.3, -0.25) is 0 Å². The lowest BCUT2D eigenvalue weighted by Crippen LogP contribution is -2.17. The van der Waals surface area contributed by atoms with Crippen LogP contribution in [0.1, 0.15) is 19.3 Å². The van der Waals surface area contributed by atoms with Crippen LogP contribution in [-0.2, 0) is 9.47 Å². The lowest BCUT2D eigenvalue weighted by atomic mass is 10.3. The maximum Gasteiger partial charge on any atom is 0.506 e. The maximum absolute atomic E-state index is 10.1. The molecule has 0 amide bonds. The van der Waals surface area contributed by atoms with Crippen LogP contribution in [0.2, 0.25) is 0 Å². The first kappa shape index (κ1) is 9.63. The predicted molar refractivity (Wildman–Crippen MR) is 39.6 cm³/mol. The van der Waals surface area contributed by atoms with E-state index in [4.69, 9.17) is 10.2 Å². The van der Waals surface area contributed by atoms with Gasteiger partial charge in [-0.2, -0.15) is 0 Å². The summed E-state index contributed by atoms with van der Waals surface area (Å²) in [6.07, 6.45) is -2.17. The number of carbonyl (C=O) groups is 2. The molecule has 6 heteroatoms. The Morgan fingerprint density at radius 3 is 1.69 bits per heavy atom. The lowest BCUT2D eigenvalue weighted by Gasteiger charge is -2.09. The molecule has 0 aromatic heterocycles. The van der Waals surface area contributed by atoms with Crippen molar-refractivity contribution in [3.05, 3.63) is 0 Å². The average molecular weight is 190 g/mol. The first-order valence-corrected chi connectivity index (χ1v) is 3.87. The minimum absolute atomic E-state index is 0.318. The van der Waals surface area contributed by atoms with Gasteiger partial charge in [-0.25, -0.2) is 9.59 Å². The molecule has 0 bridgehead atoms. The SMILES string of the molecule is O=C(O)OC1CCC(OC(=O)O)C1. The molecular formula is C7H10O6. The van der Waals surface area contributed by atoms with Crippen molar-refractivity contribution in [2.45, 2.75) is 31.5 Å². The largest absolute Gasteiger partial charge is 0.506 e. The lowest BCUT2D eigenvalue weighted by molar-refractivity contribution is 0.0333. The van der Waals surface area contributed by atoms with Crippen LogP contribution in [0.5, 0.6) is 0 Å². The van der Waals surface area contributed by atoms with Crippen molar-refractivity contribution in [2.75, 3.05) is 0 Å². The van der Waals surface area contributed by atoms with Gasteiger partial charge in [0.25, 0.3) is 0 Å². The van der Waals surface area contributed by atoms with Crippen molar-refractivity contribution in [1.82, 2.24) is 0 Å². The molecule has 0 aromatic rings. The van der Waals surface area contributed by atoms with Gasteiger partial charge in [-0.15, -0.1) is 0 Å². The Kier molecular flexibility index (Phi) is 2.94. The summed E-state index contributed by atoms with van der Waals surface area (Å²) in [5.74, 6) is 0. The highest BCUT2D eigenvalue weighted by Crippen LogP contribution is 2.24. The standard InChI is InChI=1S/C7H10O6/c8-6(9)12-4-1-2-5(3-4)13-7(10)11/h4-5H,1-3H2,(H,8,9)(H,10,11). The summed E-state index contributed by atoms with van der Waals surface area (Å²) in [4.78, 5) is 20.2. The highest BCUT2D eigenvalue weighted by atomic mass is 16.7. The zero-order chi connectivity index (χ0) is 9.84. The van der Waals surface area contributed by atoms with E-state index in [-0.39, 0.29) is 0 Å². The topological polar surface area (TPSA) is 93.1 Å². The summed E-state index contributed by atoms with van der Waals surface area (Å²) in [6, 6.07) is 0. The Bertz CT molecular complexity index is 191. The van der Waals surface area contributed by atoms with Gasteiger partial charge in [0.15, 0.2) is 0 Å². The van der Waals surface area contributed by atoms with E-state index in [9.17, 15) is 9.59 Å². The molecule has 1 saturated carbocycles. The highest BCUT2D eigenvalue weighted by molar-refractivity contribution is 5.57. The molecule has 13 heavy (non-hydrogen) atoms. The Morgan fingerprint density at radius 2 is 1.38 bits per heavy atom. The number of ether oxygens (including phenoxy) is 2. The number of hydrogen-bond acceptors (Lipinski definition) is 4. The minimum atomic E-state index is -1.33. The highest BCUT2D eigenvalue weighted by Gasteiger charge is 2.29. The molecule has 2 N–H and O–H groups in total. The second-order valence-electron chi connectivity index (χ2n) is 2.82. The molecule has 0 aliphatic heterocycles. The van der Waals surface area contributed by atoms with Crippen molar-refractivity contribution in [3.63, 3.8) is 0 Å². The zero-order valence-corrected chi connectivity index (χ0v) is 6.80. The Balaban J connectivity index is 2.27. The average Bonchev–Trinajstić information content (AvgIpc) is 2.33. The monoisotopic (exact) mass is 190 g/mol.